The van der Waals surface area contributed by atoms with Crippen molar-refractivity contribution in [1.29, 1.82) is 0 Å². The molecule has 2 aromatic rings. The van der Waals surface area contributed by atoms with Crippen LogP contribution in [0.3, 0.4) is 0 Å². The molecule has 0 unspecified atom stereocenters. The van der Waals surface area contributed by atoms with Crippen molar-refractivity contribution in [2.24, 2.45) is 0 Å². The molecule has 2 aromatic heterocycles. The number of nitrogens with one attached hydrogen (secondary N) is 2. The van der Waals surface area contributed by atoms with Crippen LogP contribution in [0.25, 0.3) is 0 Å². The summed E-state index contributed by atoms with van der Waals surface area (Å²) in [5.74, 6) is 1.03. The molecule has 0 aliphatic carbocycles. The zero-order valence-electron chi connectivity index (χ0n) is 9.30. The summed E-state index contributed by atoms with van der Waals surface area (Å²) in [6.45, 7) is 0.335. The number of rotatable bonds is 4. The van der Waals surface area contributed by atoms with Gasteiger partial charge in [-0.05, 0) is 12.1 Å². The maximum atomic E-state index is 11.7. The van der Waals surface area contributed by atoms with Crippen LogP contribution in [0.5, 0.6) is 0 Å². The normalized spacial score (nSPS) is 9.94. The van der Waals surface area contributed by atoms with Gasteiger partial charge >= 0.3 is 0 Å². The van der Waals surface area contributed by atoms with Gasteiger partial charge in [0.1, 0.15) is 17.3 Å². The summed E-state index contributed by atoms with van der Waals surface area (Å²) in [7, 11) is 1.74. The second-order valence-electron chi connectivity index (χ2n) is 3.30. The van der Waals surface area contributed by atoms with Crippen LogP contribution >= 0.6 is 0 Å². The summed E-state index contributed by atoms with van der Waals surface area (Å²) >= 11 is 0. The van der Waals surface area contributed by atoms with Crippen molar-refractivity contribution in [3.05, 3.63) is 42.2 Å². The molecule has 2 heterocycles. The molecule has 2 rings (SSSR count). The molecular formula is C11H12N4O2. The molecule has 1 amide bonds. The Balaban J connectivity index is 1.95. The average Bonchev–Trinajstić information content (AvgIpc) is 2.89. The summed E-state index contributed by atoms with van der Waals surface area (Å²) in [6, 6.07) is 3.55. The fourth-order valence-electron chi connectivity index (χ4n) is 1.25. The number of anilines is 1. The Morgan fingerprint density at radius 3 is 2.88 bits per heavy atom. The van der Waals surface area contributed by atoms with E-state index in [1.807, 2.05) is 0 Å². The highest BCUT2D eigenvalue weighted by molar-refractivity contribution is 5.91. The standard InChI is InChI=1S/C11H12N4O2/c1-12-10-7-13-9(6-14-10)11(16)15-5-8-3-2-4-17-8/h2-4,6-7H,5H2,1H3,(H,12,14)(H,15,16). The van der Waals surface area contributed by atoms with Gasteiger partial charge in [0, 0.05) is 7.05 Å². The number of aromatic nitrogens is 2. The molecule has 0 aliphatic heterocycles. The molecule has 0 fully saturated rings. The fourth-order valence-corrected chi connectivity index (χ4v) is 1.25. The van der Waals surface area contributed by atoms with E-state index in [1.165, 1.54) is 12.4 Å². The van der Waals surface area contributed by atoms with Crippen molar-refractivity contribution in [3.8, 4) is 0 Å². The molecule has 0 radical (unpaired) electrons. The van der Waals surface area contributed by atoms with Crippen LogP contribution in [0.2, 0.25) is 0 Å². The molecule has 0 aromatic carbocycles. The summed E-state index contributed by atoms with van der Waals surface area (Å²) in [5.41, 5.74) is 0.274. The van der Waals surface area contributed by atoms with Gasteiger partial charge in [0.25, 0.3) is 5.91 Å². The predicted molar refractivity (Wildman–Crippen MR) is 61.5 cm³/mol. The van der Waals surface area contributed by atoms with Gasteiger partial charge in [-0.25, -0.2) is 9.97 Å². The summed E-state index contributed by atoms with van der Waals surface area (Å²) < 4.78 is 5.10. The highest BCUT2D eigenvalue weighted by Gasteiger charge is 2.07. The summed E-state index contributed by atoms with van der Waals surface area (Å²) in [4.78, 5) is 19.7. The number of amides is 1. The first-order valence-corrected chi connectivity index (χ1v) is 5.10. The van der Waals surface area contributed by atoms with Gasteiger partial charge in [0.05, 0.1) is 25.2 Å². The minimum atomic E-state index is -0.281. The van der Waals surface area contributed by atoms with Crippen LogP contribution in [0.1, 0.15) is 16.2 Å². The van der Waals surface area contributed by atoms with E-state index < -0.39 is 0 Å². The first kappa shape index (κ1) is 11.1. The smallest absolute Gasteiger partial charge is 0.271 e. The number of nitrogens with zero attached hydrogens (tertiary/aromatic N) is 2. The highest BCUT2D eigenvalue weighted by atomic mass is 16.3. The minimum absolute atomic E-state index is 0.274. The van der Waals surface area contributed by atoms with Crippen molar-refractivity contribution in [2.75, 3.05) is 12.4 Å². The van der Waals surface area contributed by atoms with Crippen molar-refractivity contribution in [3.63, 3.8) is 0 Å². The Labute approximate surface area is 98.1 Å². The largest absolute Gasteiger partial charge is 0.467 e. The predicted octanol–water partition coefficient (Wildman–Crippen LogP) is 1.04. The van der Waals surface area contributed by atoms with Crippen LogP contribution in [-0.2, 0) is 6.54 Å². The second-order valence-corrected chi connectivity index (χ2v) is 3.30. The average molecular weight is 232 g/mol. The van der Waals surface area contributed by atoms with Crippen molar-refractivity contribution >= 4 is 11.7 Å². The zero-order chi connectivity index (χ0) is 12.1. The van der Waals surface area contributed by atoms with E-state index in [2.05, 4.69) is 20.6 Å². The molecule has 17 heavy (non-hydrogen) atoms. The van der Waals surface area contributed by atoms with Crippen molar-refractivity contribution in [1.82, 2.24) is 15.3 Å². The molecule has 2 N–H and O–H groups in total. The second kappa shape index (κ2) is 5.11. The Hall–Kier alpha value is -2.37. The molecule has 6 heteroatoms. The first-order valence-electron chi connectivity index (χ1n) is 5.10. The Morgan fingerprint density at radius 2 is 2.29 bits per heavy atom. The van der Waals surface area contributed by atoms with Gasteiger partial charge in [0.2, 0.25) is 0 Å². The maximum absolute atomic E-state index is 11.7. The molecule has 0 atom stereocenters. The quantitative estimate of drug-likeness (QED) is 0.823. The van der Waals surface area contributed by atoms with Crippen LogP contribution in [0, 0.1) is 0 Å². The molecule has 0 saturated carbocycles. The maximum Gasteiger partial charge on any atom is 0.271 e. The van der Waals surface area contributed by atoms with E-state index in [-0.39, 0.29) is 11.6 Å². The molecule has 0 aliphatic rings. The minimum Gasteiger partial charge on any atom is -0.467 e. The Kier molecular flexibility index (Phi) is 3.34. The topological polar surface area (TPSA) is 80.0 Å². The lowest BCUT2D eigenvalue weighted by Gasteiger charge is -2.03. The summed E-state index contributed by atoms with van der Waals surface area (Å²) in [5, 5.41) is 5.51. The van der Waals surface area contributed by atoms with E-state index in [4.69, 9.17) is 4.42 Å². The lowest BCUT2D eigenvalue weighted by atomic mass is 10.4. The molecular weight excluding hydrogens is 220 g/mol. The fraction of sp³-hybridized carbons (Fsp3) is 0.182. The zero-order valence-corrected chi connectivity index (χ0v) is 9.30. The summed E-state index contributed by atoms with van der Waals surface area (Å²) in [6.07, 6.45) is 4.48. The first-order chi connectivity index (χ1) is 8.29. The van der Waals surface area contributed by atoms with E-state index in [0.29, 0.717) is 18.1 Å². The third-order valence-electron chi connectivity index (χ3n) is 2.14. The Bertz CT molecular complexity index is 479. The van der Waals surface area contributed by atoms with Crippen LogP contribution in [-0.4, -0.2) is 22.9 Å². The Morgan fingerprint density at radius 1 is 1.41 bits per heavy atom. The third kappa shape index (κ3) is 2.81. The van der Waals surface area contributed by atoms with E-state index in [1.54, 1.807) is 25.4 Å². The van der Waals surface area contributed by atoms with Gasteiger partial charge in [0.15, 0.2) is 0 Å². The number of furan rings is 1. The molecule has 0 bridgehead atoms. The van der Waals surface area contributed by atoms with Gasteiger partial charge in [-0.2, -0.15) is 0 Å². The van der Waals surface area contributed by atoms with Crippen molar-refractivity contribution < 1.29 is 9.21 Å². The highest BCUT2D eigenvalue weighted by Crippen LogP contribution is 2.01. The lowest BCUT2D eigenvalue weighted by molar-refractivity contribution is 0.0942. The number of hydrogen-bond donors (Lipinski definition) is 2. The van der Waals surface area contributed by atoms with E-state index in [9.17, 15) is 4.79 Å². The van der Waals surface area contributed by atoms with Gasteiger partial charge < -0.3 is 15.1 Å². The molecule has 6 nitrogen and oxygen atoms in total. The monoisotopic (exact) mass is 232 g/mol. The molecule has 0 saturated heterocycles. The number of carbonyl (C=O) groups is 1. The van der Waals surface area contributed by atoms with Crippen LogP contribution in [0.15, 0.2) is 35.2 Å². The van der Waals surface area contributed by atoms with Gasteiger partial charge in [-0.1, -0.05) is 0 Å². The molecule has 88 valence electrons. The van der Waals surface area contributed by atoms with Crippen LogP contribution < -0.4 is 10.6 Å². The van der Waals surface area contributed by atoms with E-state index in [0.717, 1.165) is 0 Å². The SMILES string of the molecule is CNc1cnc(C(=O)NCc2ccco2)cn1. The van der Waals surface area contributed by atoms with Gasteiger partial charge in [-0.3, -0.25) is 4.79 Å². The van der Waals surface area contributed by atoms with Gasteiger partial charge in [-0.15, -0.1) is 0 Å². The number of carbonyl (C=O) groups excluding carboxylic acids is 1. The van der Waals surface area contributed by atoms with E-state index >= 15 is 0 Å². The third-order valence-corrected chi connectivity index (χ3v) is 2.14. The van der Waals surface area contributed by atoms with Crippen LogP contribution in [0.4, 0.5) is 5.82 Å². The number of hydrogen-bond acceptors (Lipinski definition) is 5. The lowest BCUT2D eigenvalue weighted by Crippen LogP contribution is -2.23. The molecule has 0 spiro atoms. The van der Waals surface area contributed by atoms with Crippen molar-refractivity contribution in [2.45, 2.75) is 6.54 Å².